The van der Waals surface area contributed by atoms with E-state index in [0.29, 0.717) is 23.9 Å². The number of benzene rings is 2. The zero-order chi connectivity index (χ0) is 18.9. The van der Waals surface area contributed by atoms with Crippen LogP contribution < -0.4 is 19.6 Å². The van der Waals surface area contributed by atoms with Gasteiger partial charge >= 0.3 is 0 Å². The number of amides is 1. The summed E-state index contributed by atoms with van der Waals surface area (Å²) in [6.07, 6.45) is 1.54. The van der Waals surface area contributed by atoms with Gasteiger partial charge in [-0.2, -0.15) is 5.10 Å². The Morgan fingerprint density at radius 2 is 1.88 bits per heavy atom. The molecule has 0 aliphatic heterocycles. The average Bonchev–Trinajstić information content (AvgIpc) is 2.63. The molecule has 138 valence electrons. The molecule has 0 spiro atoms. The normalized spacial score (nSPS) is 10.6. The van der Waals surface area contributed by atoms with Gasteiger partial charge in [-0.1, -0.05) is 6.07 Å². The van der Waals surface area contributed by atoms with Gasteiger partial charge in [0.2, 0.25) is 0 Å². The number of hydrogen-bond donors (Lipinski definition) is 1. The molecule has 1 N–H and O–H groups in total. The molecule has 26 heavy (non-hydrogen) atoms. The molecule has 0 fully saturated rings. The van der Waals surface area contributed by atoms with Crippen molar-refractivity contribution < 1.29 is 19.0 Å². The molecule has 2 rings (SSSR count). The van der Waals surface area contributed by atoms with Crippen LogP contribution in [0.4, 0.5) is 0 Å². The first-order valence-corrected chi connectivity index (χ1v) is 8.36. The molecule has 0 aliphatic carbocycles. The molecular formula is C20H24N2O4. The number of nitrogens with one attached hydrogen (secondary N) is 1. The molecule has 2 aromatic carbocycles. The monoisotopic (exact) mass is 356 g/mol. The summed E-state index contributed by atoms with van der Waals surface area (Å²) >= 11 is 0. The molecule has 6 heteroatoms. The lowest BCUT2D eigenvalue weighted by Crippen LogP contribution is -2.24. The third kappa shape index (κ3) is 5.51. The van der Waals surface area contributed by atoms with E-state index in [-0.39, 0.29) is 12.5 Å². The van der Waals surface area contributed by atoms with Gasteiger partial charge in [-0.25, -0.2) is 5.43 Å². The minimum atomic E-state index is -0.335. The van der Waals surface area contributed by atoms with E-state index >= 15 is 0 Å². The van der Waals surface area contributed by atoms with Gasteiger partial charge < -0.3 is 14.2 Å². The zero-order valence-corrected chi connectivity index (χ0v) is 15.5. The molecule has 1 amide bonds. The Labute approximate surface area is 153 Å². The Hall–Kier alpha value is -3.02. The molecule has 0 saturated carbocycles. The van der Waals surface area contributed by atoms with Crippen molar-refractivity contribution in [3.8, 4) is 17.2 Å². The van der Waals surface area contributed by atoms with Crippen LogP contribution >= 0.6 is 0 Å². The smallest absolute Gasteiger partial charge is 0.277 e. The van der Waals surface area contributed by atoms with Gasteiger partial charge in [-0.05, 0) is 67.8 Å². The minimum Gasteiger partial charge on any atom is -0.493 e. The summed E-state index contributed by atoms with van der Waals surface area (Å²) < 4.78 is 16.2. The van der Waals surface area contributed by atoms with Crippen molar-refractivity contribution in [2.45, 2.75) is 20.8 Å². The summed E-state index contributed by atoms with van der Waals surface area (Å²) in [6.45, 7) is 6.35. The maximum Gasteiger partial charge on any atom is 0.277 e. The molecule has 0 bridgehead atoms. The van der Waals surface area contributed by atoms with Gasteiger partial charge in [0, 0.05) is 0 Å². The highest BCUT2D eigenvalue weighted by Gasteiger charge is 2.05. The molecule has 6 nitrogen and oxygen atoms in total. The number of ether oxygens (including phenoxy) is 3. The zero-order valence-electron chi connectivity index (χ0n) is 15.5. The summed E-state index contributed by atoms with van der Waals surface area (Å²) in [5, 5.41) is 3.94. The number of carbonyl (C=O) groups is 1. The maximum absolute atomic E-state index is 11.8. The summed E-state index contributed by atoms with van der Waals surface area (Å²) in [5.41, 5.74) is 5.52. The van der Waals surface area contributed by atoms with Crippen molar-refractivity contribution in [2.24, 2.45) is 5.10 Å². The molecule has 0 aliphatic rings. The lowest BCUT2D eigenvalue weighted by atomic mass is 10.1. The van der Waals surface area contributed by atoms with E-state index in [4.69, 9.17) is 14.2 Å². The molecule has 0 saturated heterocycles. The molecular weight excluding hydrogens is 332 g/mol. The maximum atomic E-state index is 11.8. The highest BCUT2D eigenvalue weighted by atomic mass is 16.5. The Kier molecular flexibility index (Phi) is 7.02. The third-order valence-electron chi connectivity index (χ3n) is 3.74. The van der Waals surface area contributed by atoms with E-state index in [1.54, 1.807) is 19.2 Å². The number of carbonyl (C=O) groups excluding carboxylic acids is 1. The Bertz CT molecular complexity index is 787. The van der Waals surface area contributed by atoms with Crippen molar-refractivity contribution in [3.63, 3.8) is 0 Å². The fourth-order valence-corrected chi connectivity index (χ4v) is 2.21. The largest absolute Gasteiger partial charge is 0.493 e. The molecule has 0 heterocycles. The predicted octanol–water partition coefficient (Wildman–Crippen LogP) is 3.24. The SMILES string of the molecule is CCOc1cc(/C=N\NC(=O)COc2ccc(C)c(C)c2)ccc1OC. The third-order valence-corrected chi connectivity index (χ3v) is 3.74. The summed E-state index contributed by atoms with van der Waals surface area (Å²) in [4.78, 5) is 11.8. The summed E-state index contributed by atoms with van der Waals surface area (Å²) in [5.74, 6) is 1.60. The highest BCUT2D eigenvalue weighted by molar-refractivity contribution is 5.83. The lowest BCUT2D eigenvalue weighted by Gasteiger charge is -2.09. The van der Waals surface area contributed by atoms with Crippen LogP contribution in [0.1, 0.15) is 23.6 Å². The number of nitrogens with zero attached hydrogens (tertiary/aromatic N) is 1. The van der Waals surface area contributed by atoms with Gasteiger partial charge in [0.15, 0.2) is 18.1 Å². The fourth-order valence-electron chi connectivity index (χ4n) is 2.21. The first kappa shape index (κ1) is 19.3. The average molecular weight is 356 g/mol. The van der Waals surface area contributed by atoms with Crippen molar-refractivity contribution in [3.05, 3.63) is 53.1 Å². The van der Waals surface area contributed by atoms with Crippen LogP contribution in [0.15, 0.2) is 41.5 Å². The van der Waals surface area contributed by atoms with Gasteiger partial charge in [-0.15, -0.1) is 0 Å². The summed E-state index contributed by atoms with van der Waals surface area (Å²) in [6, 6.07) is 11.1. The quantitative estimate of drug-likeness (QED) is 0.582. The molecule has 2 aromatic rings. The van der Waals surface area contributed by atoms with Crippen molar-refractivity contribution in [2.75, 3.05) is 20.3 Å². The predicted molar refractivity (Wildman–Crippen MR) is 101 cm³/mol. The second-order valence-corrected chi connectivity index (χ2v) is 5.67. The van der Waals surface area contributed by atoms with E-state index in [1.807, 2.05) is 45.0 Å². The van der Waals surface area contributed by atoms with Gasteiger partial charge in [0.1, 0.15) is 5.75 Å². The van der Waals surface area contributed by atoms with E-state index < -0.39 is 0 Å². The van der Waals surface area contributed by atoms with Crippen LogP contribution in [0.5, 0.6) is 17.2 Å². The van der Waals surface area contributed by atoms with Gasteiger partial charge in [0.05, 0.1) is 19.9 Å². The van der Waals surface area contributed by atoms with E-state index in [2.05, 4.69) is 10.5 Å². The molecule has 0 radical (unpaired) electrons. The number of methoxy groups -OCH3 is 1. The Balaban J connectivity index is 1.88. The highest BCUT2D eigenvalue weighted by Crippen LogP contribution is 2.27. The summed E-state index contributed by atoms with van der Waals surface area (Å²) in [7, 11) is 1.58. The Morgan fingerprint density at radius 3 is 2.58 bits per heavy atom. The molecule has 0 atom stereocenters. The topological polar surface area (TPSA) is 69.2 Å². The van der Waals surface area contributed by atoms with Gasteiger partial charge in [-0.3, -0.25) is 4.79 Å². The second kappa shape index (κ2) is 9.46. The standard InChI is InChI=1S/C20H24N2O4/c1-5-25-19-11-16(7-9-18(19)24-4)12-21-22-20(23)13-26-17-8-6-14(2)15(3)10-17/h6-12H,5,13H2,1-4H3,(H,22,23)/b21-12-. The van der Waals surface area contributed by atoms with E-state index in [0.717, 1.165) is 11.1 Å². The van der Waals surface area contributed by atoms with Crippen LogP contribution in [0, 0.1) is 13.8 Å². The first-order chi connectivity index (χ1) is 12.5. The Morgan fingerprint density at radius 1 is 1.08 bits per heavy atom. The van der Waals surface area contributed by atoms with Crippen molar-refractivity contribution in [1.29, 1.82) is 0 Å². The van der Waals surface area contributed by atoms with Crippen LogP contribution in [-0.4, -0.2) is 32.4 Å². The number of rotatable bonds is 8. The van der Waals surface area contributed by atoms with Crippen LogP contribution in [-0.2, 0) is 4.79 Å². The first-order valence-electron chi connectivity index (χ1n) is 8.36. The van der Waals surface area contributed by atoms with Crippen molar-refractivity contribution in [1.82, 2.24) is 5.43 Å². The van der Waals surface area contributed by atoms with Crippen LogP contribution in [0.25, 0.3) is 0 Å². The minimum absolute atomic E-state index is 0.105. The van der Waals surface area contributed by atoms with Gasteiger partial charge in [0.25, 0.3) is 5.91 Å². The number of hydrazone groups is 1. The van der Waals surface area contributed by atoms with E-state index in [9.17, 15) is 4.79 Å². The molecule has 0 aromatic heterocycles. The second-order valence-electron chi connectivity index (χ2n) is 5.67. The van der Waals surface area contributed by atoms with Crippen LogP contribution in [0.3, 0.4) is 0 Å². The molecule has 0 unspecified atom stereocenters. The van der Waals surface area contributed by atoms with Crippen LogP contribution in [0.2, 0.25) is 0 Å². The lowest BCUT2D eigenvalue weighted by molar-refractivity contribution is -0.123. The number of aryl methyl sites for hydroxylation is 2. The number of hydrogen-bond acceptors (Lipinski definition) is 5. The fraction of sp³-hybridized carbons (Fsp3) is 0.300. The van der Waals surface area contributed by atoms with E-state index in [1.165, 1.54) is 11.8 Å². The van der Waals surface area contributed by atoms with Crippen molar-refractivity contribution >= 4 is 12.1 Å².